The SMILES string of the molecule is Cc1cc2nnc(SCCCn3cnc4c(N)ncnc43)n2c(C)n1. The number of rotatable bonds is 5. The molecule has 0 amide bonds. The minimum atomic E-state index is 0.409. The average molecular weight is 355 g/mol. The molecule has 0 aliphatic carbocycles. The van der Waals surface area contributed by atoms with E-state index in [4.69, 9.17) is 5.73 Å². The lowest BCUT2D eigenvalue weighted by molar-refractivity contribution is 0.695. The fourth-order valence-electron chi connectivity index (χ4n) is 2.76. The van der Waals surface area contributed by atoms with Crippen LogP contribution in [0.1, 0.15) is 17.9 Å². The lowest BCUT2D eigenvalue weighted by Crippen LogP contribution is -2.01. The van der Waals surface area contributed by atoms with Crippen LogP contribution in [0.2, 0.25) is 0 Å². The van der Waals surface area contributed by atoms with E-state index < -0.39 is 0 Å². The smallest absolute Gasteiger partial charge is 0.197 e. The van der Waals surface area contributed by atoms with E-state index in [2.05, 4.69) is 30.1 Å². The average Bonchev–Trinajstić information content (AvgIpc) is 3.17. The summed E-state index contributed by atoms with van der Waals surface area (Å²) >= 11 is 1.67. The third-order valence-electron chi connectivity index (χ3n) is 3.86. The van der Waals surface area contributed by atoms with Gasteiger partial charge in [0.05, 0.1) is 6.33 Å². The van der Waals surface area contributed by atoms with Crippen molar-refractivity contribution in [1.29, 1.82) is 0 Å². The number of hydrogen-bond acceptors (Lipinski definition) is 8. The van der Waals surface area contributed by atoms with E-state index in [-0.39, 0.29) is 0 Å². The lowest BCUT2D eigenvalue weighted by Gasteiger charge is -2.05. The van der Waals surface area contributed by atoms with Crippen molar-refractivity contribution in [3.8, 4) is 0 Å². The predicted molar refractivity (Wildman–Crippen MR) is 95.3 cm³/mol. The molecule has 4 aromatic rings. The van der Waals surface area contributed by atoms with E-state index in [1.807, 2.05) is 28.9 Å². The third kappa shape index (κ3) is 2.88. The largest absolute Gasteiger partial charge is 0.382 e. The van der Waals surface area contributed by atoms with Crippen LogP contribution in [-0.4, -0.2) is 44.9 Å². The second-order valence-corrected chi connectivity index (χ2v) is 6.75. The van der Waals surface area contributed by atoms with Crippen molar-refractivity contribution in [3.05, 3.63) is 30.2 Å². The van der Waals surface area contributed by atoms with Crippen LogP contribution in [0.4, 0.5) is 5.82 Å². The van der Waals surface area contributed by atoms with Gasteiger partial charge in [0.1, 0.15) is 17.7 Å². The van der Waals surface area contributed by atoms with Crippen LogP contribution < -0.4 is 5.73 Å². The predicted octanol–water partition coefficient (Wildman–Crippen LogP) is 1.65. The van der Waals surface area contributed by atoms with Crippen LogP contribution >= 0.6 is 11.8 Å². The monoisotopic (exact) mass is 355 g/mol. The van der Waals surface area contributed by atoms with Gasteiger partial charge in [-0.1, -0.05) is 11.8 Å². The first-order chi connectivity index (χ1) is 12.1. The number of anilines is 1. The Hall–Kier alpha value is -2.75. The highest BCUT2D eigenvalue weighted by atomic mass is 32.2. The Morgan fingerprint density at radius 3 is 2.92 bits per heavy atom. The van der Waals surface area contributed by atoms with E-state index in [9.17, 15) is 0 Å². The molecule has 0 aromatic carbocycles. The highest BCUT2D eigenvalue weighted by Gasteiger charge is 2.11. The van der Waals surface area contributed by atoms with Gasteiger partial charge < -0.3 is 10.3 Å². The summed E-state index contributed by atoms with van der Waals surface area (Å²) in [5.41, 5.74) is 9.00. The number of nitrogens with zero attached hydrogens (tertiary/aromatic N) is 8. The number of fused-ring (bicyclic) bond motifs is 2. The zero-order valence-corrected chi connectivity index (χ0v) is 14.7. The van der Waals surface area contributed by atoms with Gasteiger partial charge in [-0.3, -0.25) is 4.40 Å². The van der Waals surface area contributed by atoms with Gasteiger partial charge in [-0.2, -0.15) is 0 Å². The maximum atomic E-state index is 5.81. The minimum absolute atomic E-state index is 0.409. The first-order valence-corrected chi connectivity index (χ1v) is 8.85. The van der Waals surface area contributed by atoms with E-state index >= 15 is 0 Å². The van der Waals surface area contributed by atoms with Crippen molar-refractivity contribution < 1.29 is 0 Å². The van der Waals surface area contributed by atoms with Crippen LogP contribution in [0.5, 0.6) is 0 Å². The zero-order chi connectivity index (χ0) is 17.4. The maximum Gasteiger partial charge on any atom is 0.197 e. The highest BCUT2D eigenvalue weighted by molar-refractivity contribution is 7.99. The number of aromatic nitrogens is 8. The summed E-state index contributed by atoms with van der Waals surface area (Å²) in [6.07, 6.45) is 4.15. The first-order valence-electron chi connectivity index (χ1n) is 7.87. The number of nitrogen functional groups attached to an aromatic ring is 1. The molecule has 0 spiro atoms. The van der Waals surface area contributed by atoms with E-state index in [0.717, 1.165) is 46.7 Å². The molecule has 0 saturated heterocycles. The van der Waals surface area contributed by atoms with Crippen molar-refractivity contribution in [1.82, 2.24) is 39.1 Å². The first kappa shape index (κ1) is 15.8. The summed E-state index contributed by atoms with van der Waals surface area (Å²) in [7, 11) is 0. The summed E-state index contributed by atoms with van der Waals surface area (Å²) in [5.74, 6) is 2.20. The van der Waals surface area contributed by atoms with Crippen LogP contribution in [0.15, 0.2) is 23.9 Å². The van der Waals surface area contributed by atoms with E-state index in [0.29, 0.717) is 11.3 Å². The quantitative estimate of drug-likeness (QED) is 0.425. The van der Waals surface area contributed by atoms with Gasteiger partial charge in [0.25, 0.3) is 0 Å². The summed E-state index contributed by atoms with van der Waals surface area (Å²) in [4.78, 5) is 17.0. The van der Waals surface area contributed by atoms with Gasteiger partial charge >= 0.3 is 0 Å². The highest BCUT2D eigenvalue weighted by Crippen LogP contribution is 2.20. The standard InChI is InChI=1S/C15H17N9S/c1-9-6-11-21-22-15(24(11)10(2)20-9)25-5-3-4-23-8-19-12-13(16)17-7-18-14(12)23/h6-8H,3-5H2,1-2H3,(H2,16,17,18). The van der Waals surface area contributed by atoms with Gasteiger partial charge in [-0.15, -0.1) is 10.2 Å². The van der Waals surface area contributed by atoms with Gasteiger partial charge in [0, 0.05) is 24.1 Å². The maximum absolute atomic E-state index is 5.81. The molecule has 4 heterocycles. The molecule has 0 unspecified atom stereocenters. The molecule has 0 bridgehead atoms. The molecule has 4 rings (SSSR count). The molecule has 0 fully saturated rings. The normalized spacial score (nSPS) is 11.6. The topological polar surface area (TPSA) is 113 Å². The fourth-order valence-corrected chi connectivity index (χ4v) is 3.67. The molecule has 0 radical (unpaired) electrons. The molecule has 10 heteroatoms. The summed E-state index contributed by atoms with van der Waals surface area (Å²) in [5, 5.41) is 9.36. The Kier molecular flexibility index (Phi) is 3.96. The van der Waals surface area contributed by atoms with Gasteiger partial charge in [0.2, 0.25) is 0 Å². The van der Waals surface area contributed by atoms with Crippen molar-refractivity contribution in [2.75, 3.05) is 11.5 Å². The molecular formula is C15H17N9S. The van der Waals surface area contributed by atoms with Crippen LogP contribution in [0, 0.1) is 13.8 Å². The number of nitrogens with two attached hydrogens (primary N) is 1. The summed E-state index contributed by atoms with van der Waals surface area (Å²) < 4.78 is 3.98. The third-order valence-corrected chi connectivity index (χ3v) is 4.88. The molecule has 9 nitrogen and oxygen atoms in total. The number of hydrogen-bond donors (Lipinski definition) is 1. The Balaban J connectivity index is 1.44. The molecule has 0 aliphatic heterocycles. The molecule has 0 atom stereocenters. The fraction of sp³-hybridized carbons (Fsp3) is 0.333. The van der Waals surface area contributed by atoms with Crippen LogP contribution in [-0.2, 0) is 6.54 Å². The lowest BCUT2D eigenvalue weighted by atomic mass is 10.4. The molecule has 0 aliphatic rings. The van der Waals surface area contributed by atoms with Gasteiger partial charge in [-0.25, -0.2) is 19.9 Å². The van der Waals surface area contributed by atoms with Crippen LogP contribution in [0.3, 0.4) is 0 Å². The Bertz CT molecular complexity index is 1050. The zero-order valence-electron chi connectivity index (χ0n) is 13.9. The van der Waals surface area contributed by atoms with Crippen molar-refractivity contribution in [2.24, 2.45) is 0 Å². The van der Waals surface area contributed by atoms with Crippen molar-refractivity contribution in [2.45, 2.75) is 32.0 Å². The second-order valence-electron chi connectivity index (χ2n) is 5.69. The molecule has 2 N–H and O–H groups in total. The molecular weight excluding hydrogens is 338 g/mol. The molecule has 4 aromatic heterocycles. The minimum Gasteiger partial charge on any atom is -0.382 e. The molecule has 25 heavy (non-hydrogen) atoms. The number of thioether (sulfide) groups is 1. The van der Waals surface area contributed by atoms with E-state index in [1.165, 1.54) is 6.33 Å². The number of aryl methyl sites for hydroxylation is 3. The second kappa shape index (κ2) is 6.28. The van der Waals surface area contributed by atoms with Crippen LogP contribution in [0.25, 0.3) is 16.8 Å². The molecule has 128 valence electrons. The Morgan fingerprint density at radius 1 is 1.16 bits per heavy atom. The molecule has 0 saturated carbocycles. The van der Waals surface area contributed by atoms with Gasteiger partial charge in [0.15, 0.2) is 22.3 Å². The van der Waals surface area contributed by atoms with Gasteiger partial charge in [-0.05, 0) is 20.3 Å². The van der Waals surface area contributed by atoms with Crippen molar-refractivity contribution in [3.63, 3.8) is 0 Å². The summed E-state index contributed by atoms with van der Waals surface area (Å²) in [6.45, 7) is 4.72. The van der Waals surface area contributed by atoms with E-state index in [1.54, 1.807) is 18.1 Å². The Labute approximate surface area is 147 Å². The summed E-state index contributed by atoms with van der Waals surface area (Å²) in [6, 6.07) is 1.94. The van der Waals surface area contributed by atoms with Crippen molar-refractivity contribution >= 4 is 34.4 Å². The Morgan fingerprint density at radius 2 is 2.04 bits per heavy atom. The number of imidazole rings is 1.